The van der Waals surface area contributed by atoms with Gasteiger partial charge < -0.3 is 4.65 Å². The van der Waals surface area contributed by atoms with Crippen molar-refractivity contribution in [1.29, 1.82) is 0 Å². The fourth-order valence-corrected chi connectivity index (χ4v) is 1.43. The molecule has 0 bridgehead atoms. The van der Waals surface area contributed by atoms with Crippen LogP contribution in [0.15, 0.2) is 0 Å². The third kappa shape index (κ3) is 2.37. The Morgan fingerprint density at radius 1 is 1.10 bits per heavy atom. The Bertz CT molecular complexity index is 97.6. The molecule has 52 valence electrons. The van der Waals surface area contributed by atoms with Crippen LogP contribution in [0.4, 0.5) is 0 Å². The highest BCUT2D eigenvalue weighted by Crippen LogP contribution is 2.25. The van der Waals surface area contributed by atoms with Crippen LogP contribution in [0.5, 0.6) is 0 Å². The predicted molar refractivity (Wildman–Crippen MR) is 43.2 cm³/mol. The number of hydrogen-bond donors (Lipinski definition) is 0. The van der Waals surface area contributed by atoms with E-state index in [1.165, 1.54) is 0 Å². The minimum absolute atomic E-state index is 0.258. The van der Waals surface area contributed by atoms with Crippen LogP contribution in [0.3, 0.4) is 0 Å². The molecule has 1 aliphatic carbocycles. The van der Waals surface area contributed by atoms with Crippen molar-refractivity contribution in [3.8, 4) is 0 Å². The molecular weight excluding hydrogens is 122 g/mol. The summed E-state index contributed by atoms with van der Waals surface area (Å²) in [7, 11) is 10.8. The Labute approximate surface area is 65.4 Å². The zero-order valence-electron chi connectivity index (χ0n) is 6.25. The van der Waals surface area contributed by atoms with Crippen molar-refractivity contribution in [1.82, 2.24) is 0 Å². The molecular formula is C7H12B2O. The van der Waals surface area contributed by atoms with Gasteiger partial charge in [-0.3, -0.25) is 0 Å². The van der Waals surface area contributed by atoms with Gasteiger partial charge in [-0.15, -0.1) is 0 Å². The van der Waals surface area contributed by atoms with Gasteiger partial charge in [0.25, 0.3) is 8.05 Å². The Morgan fingerprint density at radius 3 is 2.60 bits per heavy atom. The van der Waals surface area contributed by atoms with Crippen LogP contribution in [-0.2, 0) is 4.65 Å². The first-order valence-electron chi connectivity index (χ1n) is 3.94. The Hall–Kier alpha value is 0.0899. The number of rotatable bonds is 1. The van der Waals surface area contributed by atoms with Crippen LogP contribution in [0.2, 0.25) is 5.82 Å². The van der Waals surface area contributed by atoms with Crippen molar-refractivity contribution in [3.05, 3.63) is 0 Å². The zero-order valence-corrected chi connectivity index (χ0v) is 6.25. The largest absolute Gasteiger partial charge is 0.445 e. The standard InChI is InChI=1S/C7H12B2O/c8-6-2-1-3-7(10-9)5-4-6/h6-7H,1-5H2/t6-,7+/m0/s1. The fraction of sp³-hybridized carbons (Fsp3) is 1.00. The van der Waals surface area contributed by atoms with Crippen LogP contribution in [0.25, 0.3) is 0 Å². The summed E-state index contributed by atoms with van der Waals surface area (Å²) < 4.78 is 4.76. The SMILES string of the molecule is [B]O[C@@H]1CCC[C@H]([B])CC1. The van der Waals surface area contributed by atoms with E-state index in [2.05, 4.69) is 0 Å². The highest BCUT2D eigenvalue weighted by atomic mass is 16.4. The Morgan fingerprint density at radius 2 is 1.90 bits per heavy atom. The third-order valence-electron chi connectivity index (χ3n) is 2.15. The van der Waals surface area contributed by atoms with Gasteiger partial charge in [0.15, 0.2) is 0 Å². The molecule has 0 unspecified atom stereocenters. The maximum Gasteiger partial charge on any atom is 0.283 e. The van der Waals surface area contributed by atoms with Gasteiger partial charge in [-0.1, -0.05) is 25.1 Å². The molecule has 2 atom stereocenters. The van der Waals surface area contributed by atoms with E-state index in [1.807, 2.05) is 0 Å². The number of hydrogen-bond acceptors (Lipinski definition) is 1. The predicted octanol–water partition coefficient (Wildman–Crippen LogP) is 1.38. The van der Waals surface area contributed by atoms with Gasteiger partial charge >= 0.3 is 0 Å². The summed E-state index contributed by atoms with van der Waals surface area (Å²) >= 11 is 0. The lowest BCUT2D eigenvalue weighted by Crippen LogP contribution is -2.08. The molecule has 1 rings (SSSR count). The van der Waals surface area contributed by atoms with Crippen LogP contribution in [-0.4, -0.2) is 22.0 Å². The molecule has 3 heteroatoms. The molecule has 10 heavy (non-hydrogen) atoms. The molecule has 0 aromatic rings. The average molecular weight is 134 g/mol. The first kappa shape index (κ1) is 8.19. The van der Waals surface area contributed by atoms with E-state index < -0.39 is 0 Å². The highest BCUT2D eigenvalue weighted by Gasteiger charge is 2.13. The molecule has 0 amide bonds. The summed E-state index contributed by atoms with van der Waals surface area (Å²) in [6.45, 7) is 0. The monoisotopic (exact) mass is 134 g/mol. The molecule has 1 aliphatic rings. The Kier molecular flexibility index (Phi) is 3.33. The molecule has 1 fully saturated rings. The van der Waals surface area contributed by atoms with Gasteiger partial charge in [-0.05, 0) is 12.8 Å². The van der Waals surface area contributed by atoms with E-state index in [-0.39, 0.29) is 6.10 Å². The van der Waals surface area contributed by atoms with Crippen molar-refractivity contribution in [3.63, 3.8) is 0 Å². The van der Waals surface area contributed by atoms with Crippen LogP contribution >= 0.6 is 0 Å². The molecule has 4 radical (unpaired) electrons. The second-order valence-electron chi connectivity index (χ2n) is 3.03. The lowest BCUT2D eigenvalue weighted by Gasteiger charge is -2.11. The lowest BCUT2D eigenvalue weighted by atomic mass is 9.81. The second kappa shape index (κ2) is 4.07. The lowest BCUT2D eigenvalue weighted by molar-refractivity contribution is 0.202. The van der Waals surface area contributed by atoms with Crippen LogP contribution in [0, 0.1) is 0 Å². The summed E-state index contributed by atoms with van der Waals surface area (Å²) in [4.78, 5) is 0. The fourth-order valence-electron chi connectivity index (χ4n) is 1.43. The summed E-state index contributed by atoms with van der Waals surface area (Å²) in [5.74, 6) is 0.375. The van der Waals surface area contributed by atoms with Gasteiger partial charge in [-0.25, -0.2) is 0 Å². The first-order valence-corrected chi connectivity index (χ1v) is 3.94. The van der Waals surface area contributed by atoms with Gasteiger partial charge in [0, 0.05) is 6.10 Å². The quantitative estimate of drug-likeness (QED) is 0.388. The second-order valence-corrected chi connectivity index (χ2v) is 3.03. The average Bonchev–Trinajstić information content (AvgIpc) is 2.14. The molecule has 0 spiro atoms. The topological polar surface area (TPSA) is 9.23 Å². The van der Waals surface area contributed by atoms with E-state index in [0.717, 1.165) is 32.1 Å². The van der Waals surface area contributed by atoms with Gasteiger partial charge in [0.2, 0.25) is 0 Å². The molecule has 0 heterocycles. The van der Waals surface area contributed by atoms with Crippen molar-refractivity contribution < 1.29 is 4.65 Å². The summed E-state index contributed by atoms with van der Waals surface area (Å²) in [6.07, 6.45) is 5.70. The van der Waals surface area contributed by atoms with E-state index >= 15 is 0 Å². The van der Waals surface area contributed by atoms with Crippen molar-refractivity contribution in [2.24, 2.45) is 0 Å². The summed E-state index contributed by atoms with van der Waals surface area (Å²) in [5, 5.41) is 0. The molecule has 1 saturated carbocycles. The van der Waals surface area contributed by atoms with E-state index in [4.69, 9.17) is 20.5 Å². The minimum Gasteiger partial charge on any atom is -0.445 e. The maximum absolute atomic E-state index is 5.76. The van der Waals surface area contributed by atoms with E-state index in [0.29, 0.717) is 5.82 Å². The zero-order chi connectivity index (χ0) is 7.40. The van der Waals surface area contributed by atoms with Crippen LogP contribution < -0.4 is 0 Å². The molecule has 0 aliphatic heterocycles. The molecule has 0 N–H and O–H groups in total. The van der Waals surface area contributed by atoms with E-state index in [1.54, 1.807) is 0 Å². The normalized spacial score (nSPS) is 35.2. The Balaban J connectivity index is 2.26. The summed E-state index contributed by atoms with van der Waals surface area (Å²) in [5.41, 5.74) is 0. The van der Waals surface area contributed by atoms with Crippen molar-refractivity contribution >= 4 is 15.9 Å². The molecule has 0 aromatic carbocycles. The van der Waals surface area contributed by atoms with Gasteiger partial charge in [-0.2, -0.15) is 0 Å². The van der Waals surface area contributed by atoms with E-state index in [9.17, 15) is 0 Å². The van der Waals surface area contributed by atoms with Crippen LogP contribution in [0.1, 0.15) is 32.1 Å². The van der Waals surface area contributed by atoms with Crippen molar-refractivity contribution in [2.75, 3.05) is 0 Å². The maximum atomic E-state index is 5.76. The molecule has 0 aromatic heterocycles. The minimum atomic E-state index is 0.258. The van der Waals surface area contributed by atoms with Gasteiger partial charge in [0.1, 0.15) is 0 Å². The van der Waals surface area contributed by atoms with Crippen molar-refractivity contribution in [2.45, 2.75) is 44.0 Å². The first-order chi connectivity index (χ1) is 4.83. The smallest absolute Gasteiger partial charge is 0.283 e. The summed E-state index contributed by atoms with van der Waals surface area (Å²) in [6, 6.07) is 0. The highest BCUT2D eigenvalue weighted by molar-refractivity contribution is 6.11. The molecule has 1 nitrogen and oxygen atoms in total. The van der Waals surface area contributed by atoms with Gasteiger partial charge in [0.05, 0.1) is 7.85 Å². The molecule has 0 saturated heterocycles. The third-order valence-corrected chi connectivity index (χ3v) is 2.15.